The number of halogens is 2. The monoisotopic (exact) mass is 433 g/mol. The molecule has 1 aliphatic carbocycles. The first-order valence-corrected chi connectivity index (χ1v) is 9.89. The van der Waals surface area contributed by atoms with Crippen molar-refractivity contribution in [1.82, 2.24) is 4.90 Å². The average molecular weight is 435 g/mol. The maximum absolute atomic E-state index is 10.3. The van der Waals surface area contributed by atoms with Crippen molar-refractivity contribution in [2.75, 3.05) is 32.8 Å². The van der Waals surface area contributed by atoms with E-state index in [-0.39, 0.29) is 18.5 Å². The average Bonchev–Trinajstić information content (AvgIpc) is 2.61. The van der Waals surface area contributed by atoms with Crippen molar-refractivity contribution in [3.8, 4) is 0 Å². The molecule has 0 radical (unpaired) electrons. The van der Waals surface area contributed by atoms with Crippen LogP contribution in [-0.2, 0) is 9.47 Å². The Morgan fingerprint density at radius 3 is 2.84 bits per heavy atom. The first-order valence-electron chi connectivity index (χ1n) is 9.10. The summed E-state index contributed by atoms with van der Waals surface area (Å²) in [5, 5.41) is 10.3. The van der Waals surface area contributed by atoms with Crippen molar-refractivity contribution in [2.45, 2.75) is 50.4 Å². The van der Waals surface area contributed by atoms with Gasteiger partial charge < -0.3 is 14.6 Å². The van der Waals surface area contributed by atoms with Crippen molar-refractivity contribution >= 4 is 28.3 Å². The number of ether oxygens (including phenoxy) is 2. The number of benzene rings is 1. The van der Waals surface area contributed by atoms with E-state index < -0.39 is 6.10 Å². The first-order chi connectivity index (χ1) is 11.7. The van der Waals surface area contributed by atoms with Gasteiger partial charge in [0.1, 0.15) is 0 Å². The Labute approximate surface area is 165 Å². The number of β-amino-alcohol motifs (C(OH)–C–C–N with tert-alkyl or cyclic N) is 1. The van der Waals surface area contributed by atoms with Gasteiger partial charge in [0.05, 0.1) is 31.5 Å². The quantitative estimate of drug-likeness (QED) is 0.736. The molecule has 2 aliphatic rings. The second-order valence-corrected chi connectivity index (χ2v) is 7.84. The summed E-state index contributed by atoms with van der Waals surface area (Å²) in [6.45, 7) is 3.49. The second kappa shape index (κ2) is 10.9. The van der Waals surface area contributed by atoms with E-state index >= 15 is 0 Å². The summed E-state index contributed by atoms with van der Waals surface area (Å²) in [5.41, 5.74) is 1.18. The molecule has 142 valence electrons. The molecule has 1 saturated carbocycles. The molecule has 6 heteroatoms. The molecular formula is C19H29BrClNO3. The fraction of sp³-hybridized carbons (Fsp3) is 0.684. The van der Waals surface area contributed by atoms with Crippen LogP contribution < -0.4 is 0 Å². The third-order valence-electron chi connectivity index (χ3n) is 4.92. The van der Waals surface area contributed by atoms with Crippen LogP contribution in [0.4, 0.5) is 0 Å². The van der Waals surface area contributed by atoms with Crippen LogP contribution in [0.15, 0.2) is 28.7 Å². The van der Waals surface area contributed by atoms with Crippen LogP contribution in [0.3, 0.4) is 0 Å². The molecule has 2 fully saturated rings. The molecule has 2 atom stereocenters. The third kappa shape index (κ3) is 6.81. The minimum atomic E-state index is -0.423. The van der Waals surface area contributed by atoms with Crippen LogP contribution in [0.2, 0.25) is 0 Å². The van der Waals surface area contributed by atoms with Crippen molar-refractivity contribution < 1.29 is 14.6 Å². The van der Waals surface area contributed by atoms with Crippen LogP contribution >= 0.6 is 28.3 Å². The Bertz CT molecular complexity index is 513. The summed E-state index contributed by atoms with van der Waals surface area (Å²) in [6, 6.07) is 8.27. The number of rotatable bonds is 6. The Kier molecular flexibility index (Phi) is 9.17. The van der Waals surface area contributed by atoms with Gasteiger partial charge in [-0.15, -0.1) is 12.4 Å². The predicted octanol–water partition coefficient (Wildman–Crippen LogP) is 3.95. The highest BCUT2D eigenvalue weighted by atomic mass is 79.9. The second-order valence-electron chi connectivity index (χ2n) is 6.92. The van der Waals surface area contributed by atoms with Gasteiger partial charge in [-0.2, -0.15) is 0 Å². The minimum absolute atomic E-state index is 0. The van der Waals surface area contributed by atoms with Gasteiger partial charge in [0.25, 0.3) is 0 Å². The minimum Gasteiger partial charge on any atom is -0.389 e. The molecule has 4 nitrogen and oxygen atoms in total. The molecular weight excluding hydrogens is 406 g/mol. The van der Waals surface area contributed by atoms with E-state index in [1.165, 1.54) is 24.8 Å². The molecule has 0 amide bonds. The lowest BCUT2D eigenvalue weighted by atomic mass is 9.98. The number of nitrogens with zero attached hydrogens (tertiary/aromatic N) is 1. The maximum atomic E-state index is 10.3. The van der Waals surface area contributed by atoms with Crippen molar-refractivity contribution in [3.63, 3.8) is 0 Å². The molecule has 1 aromatic carbocycles. The van der Waals surface area contributed by atoms with E-state index in [0.717, 1.165) is 30.4 Å². The van der Waals surface area contributed by atoms with Crippen LogP contribution in [0.25, 0.3) is 0 Å². The normalized spacial score (nSPS) is 23.8. The van der Waals surface area contributed by atoms with Gasteiger partial charge >= 0.3 is 0 Å². The summed E-state index contributed by atoms with van der Waals surface area (Å²) in [7, 11) is 0. The van der Waals surface area contributed by atoms with Crippen LogP contribution in [0.1, 0.15) is 43.8 Å². The predicted molar refractivity (Wildman–Crippen MR) is 105 cm³/mol. The smallest absolute Gasteiger partial charge is 0.0952 e. The molecule has 3 rings (SSSR count). The van der Waals surface area contributed by atoms with E-state index in [2.05, 4.69) is 33.0 Å². The van der Waals surface area contributed by atoms with E-state index in [0.29, 0.717) is 25.9 Å². The number of hydrogen-bond donors (Lipinski definition) is 1. The molecule has 2 unspecified atom stereocenters. The zero-order valence-electron chi connectivity index (χ0n) is 14.6. The van der Waals surface area contributed by atoms with Crippen LogP contribution in [-0.4, -0.2) is 55.1 Å². The van der Waals surface area contributed by atoms with Gasteiger partial charge in [-0.3, -0.25) is 4.90 Å². The molecule has 1 saturated heterocycles. The number of hydrogen-bond acceptors (Lipinski definition) is 4. The van der Waals surface area contributed by atoms with Crippen LogP contribution in [0, 0.1) is 0 Å². The molecule has 0 bridgehead atoms. The highest BCUT2D eigenvalue weighted by Crippen LogP contribution is 2.25. The Hall–Kier alpha value is -0.170. The van der Waals surface area contributed by atoms with E-state index in [1.54, 1.807) is 0 Å². The summed E-state index contributed by atoms with van der Waals surface area (Å²) in [5.74, 6) is 0. The van der Waals surface area contributed by atoms with Crippen molar-refractivity contribution in [3.05, 3.63) is 34.3 Å². The summed E-state index contributed by atoms with van der Waals surface area (Å²) in [4.78, 5) is 2.28. The number of aliphatic hydroxyl groups is 1. The van der Waals surface area contributed by atoms with Gasteiger partial charge in [0.2, 0.25) is 0 Å². The highest BCUT2D eigenvalue weighted by Gasteiger charge is 2.24. The van der Waals surface area contributed by atoms with Crippen molar-refractivity contribution in [2.24, 2.45) is 0 Å². The lowest BCUT2D eigenvalue weighted by Crippen LogP contribution is -2.43. The molecule has 0 aromatic heterocycles. The fourth-order valence-electron chi connectivity index (χ4n) is 3.61. The number of morpholine rings is 1. The van der Waals surface area contributed by atoms with E-state index in [4.69, 9.17) is 9.47 Å². The zero-order chi connectivity index (χ0) is 16.8. The molecule has 1 aromatic rings. The third-order valence-corrected chi connectivity index (χ3v) is 5.41. The van der Waals surface area contributed by atoms with E-state index in [1.807, 2.05) is 12.1 Å². The largest absolute Gasteiger partial charge is 0.389 e. The molecule has 1 aliphatic heterocycles. The first kappa shape index (κ1) is 21.1. The Balaban J connectivity index is 0.00000225. The zero-order valence-corrected chi connectivity index (χ0v) is 17.0. The van der Waals surface area contributed by atoms with Gasteiger partial charge in [-0.25, -0.2) is 0 Å². The van der Waals surface area contributed by atoms with Gasteiger partial charge in [0.15, 0.2) is 0 Å². The Morgan fingerprint density at radius 1 is 1.28 bits per heavy atom. The van der Waals surface area contributed by atoms with Crippen LogP contribution in [0.5, 0.6) is 0 Å². The Morgan fingerprint density at radius 2 is 2.08 bits per heavy atom. The highest BCUT2D eigenvalue weighted by molar-refractivity contribution is 9.10. The van der Waals surface area contributed by atoms with Gasteiger partial charge in [0, 0.05) is 24.1 Å². The lowest BCUT2D eigenvalue weighted by Gasteiger charge is -2.34. The molecule has 1 heterocycles. The number of aliphatic hydroxyl groups excluding tert-OH is 1. The van der Waals surface area contributed by atoms with Gasteiger partial charge in [-0.05, 0) is 30.5 Å². The van der Waals surface area contributed by atoms with Crippen molar-refractivity contribution in [1.29, 1.82) is 0 Å². The molecule has 0 spiro atoms. The topological polar surface area (TPSA) is 41.9 Å². The summed E-state index contributed by atoms with van der Waals surface area (Å²) >= 11 is 3.52. The SMILES string of the molecule is Cl.OC(COC1CCCCC1)CN1CCOC(c2cccc(Br)c2)C1. The molecule has 25 heavy (non-hydrogen) atoms. The standard InChI is InChI=1S/C19H28BrNO3.ClH/c20-16-6-4-5-15(11-16)19-13-21(9-10-23-19)12-17(22)14-24-18-7-2-1-3-8-18;/h4-6,11,17-19,22H,1-3,7-10,12-14H2;1H. The lowest BCUT2D eigenvalue weighted by molar-refractivity contribution is -0.0645. The van der Waals surface area contributed by atoms with E-state index in [9.17, 15) is 5.11 Å². The fourth-order valence-corrected chi connectivity index (χ4v) is 4.02. The maximum Gasteiger partial charge on any atom is 0.0952 e. The summed E-state index contributed by atoms with van der Waals surface area (Å²) < 4.78 is 12.9. The molecule has 1 N–H and O–H groups in total. The van der Waals surface area contributed by atoms with Gasteiger partial charge in [-0.1, -0.05) is 47.3 Å². The summed E-state index contributed by atoms with van der Waals surface area (Å²) in [6.07, 6.45) is 6.15.